The summed E-state index contributed by atoms with van der Waals surface area (Å²) in [6.45, 7) is 3.63. The Kier molecular flexibility index (Phi) is 11.8. The highest BCUT2D eigenvalue weighted by Gasteiger charge is 2.11. The van der Waals surface area contributed by atoms with Gasteiger partial charge < -0.3 is 19.9 Å². The molecule has 0 aliphatic rings. The third kappa shape index (κ3) is 8.95. The van der Waals surface area contributed by atoms with Crippen molar-refractivity contribution in [1.82, 2.24) is 0 Å². The molecule has 10 heteroatoms. The first-order valence-corrected chi connectivity index (χ1v) is 5.10. The van der Waals surface area contributed by atoms with Gasteiger partial charge in [-0.25, -0.2) is 9.59 Å². The first-order valence-electron chi connectivity index (χ1n) is 5.10. The zero-order chi connectivity index (χ0) is 16.0. The first-order chi connectivity index (χ1) is 9.48. The first kappa shape index (κ1) is 19.2. The van der Waals surface area contributed by atoms with Crippen molar-refractivity contribution in [3.63, 3.8) is 0 Å². The van der Waals surface area contributed by atoms with E-state index < -0.39 is 23.4 Å². The Labute approximate surface area is 114 Å². The van der Waals surface area contributed by atoms with Gasteiger partial charge >= 0.3 is 11.9 Å². The number of esters is 1. The summed E-state index contributed by atoms with van der Waals surface area (Å²) in [6.07, 6.45) is 0. The summed E-state index contributed by atoms with van der Waals surface area (Å²) in [6, 6.07) is 2.72. The molecule has 0 aliphatic heterocycles. The summed E-state index contributed by atoms with van der Waals surface area (Å²) in [5.41, 5.74) is -1.27. The van der Waals surface area contributed by atoms with E-state index in [1.54, 1.807) is 13.8 Å². The normalized spacial score (nSPS) is 10.2. The molecule has 0 aromatic rings. The van der Waals surface area contributed by atoms with Crippen LogP contribution in [0, 0.1) is 22.7 Å². The summed E-state index contributed by atoms with van der Waals surface area (Å²) in [7, 11) is 0. The molecule has 0 aromatic heterocycles. The number of carbonyl (C=O) groups excluding carboxylic acids is 1. The summed E-state index contributed by atoms with van der Waals surface area (Å²) in [5.74, 6) is -2.29. The molecule has 0 aromatic carbocycles. The number of carbonyl (C=O) groups is 2. The third-order valence-corrected chi connectivity index (χ3v) is 1.27. The maximum atomic E-state index is 10.5. The lowest BCUT2D eigenvalue weighted by Crippen LogP contribution is -2.15. The molecule has 0 rings (SSSR count). The number of carboxylic acids is 1. The van der Waals surface area contributed by atoms with Gasteiger partial charge in [-0.15, -0.1) is 0 Å². The van der Waals surface area contributed by atoms with E-state index in [-0.39, 0.29) is 13.2 Å². The van der Waals surface area contributed by atoms with Crippen molar-refractivity contribution >= 4 is 23.4 Å². The number of nitriles is 2. The number of aliphatic carboxylic acids is 1. The van der Waals surface area contributed by atoms with Crippen LogP contribution < -0.4 is 0 Å². The van der Waals surface area contributed by atoms with Gasteiger partial charge in [0.05, 0.1) is 6.61 Å². The van der Waals surface area contributed by atoms with Crippen molar-refractivity contribution in [3.05, 3.63) is 0 Å². The molecule has 0 heterocycles. The quantitative estimate of drug-likeness (QED) is 0.305. The maximum Gasteiger partial charge on any atom is 0.371 e. The molecule has 10 nitrogen and oxygen atoms in total. The highest BCUT2D eigenvalue weighted by molar-refractivity contribution is 6.43. The molecular weight excluding hydrogens is 272 g/mol. The second-order valence-corrected chi connectivity index (χ2v) is 2.56. The average Bonchev–Trinajstić information content (AvgIpc) is 2.41. The SMILES string of the molecule is CCOC(=O)C(C#N)=NO.CCON=C(C#N)C(=O)O. The number of hydrogen-bond donors (Lipinski definition) is 2. The lowest BCUT2D eigenvalue weighted by molar-refractivity contribution is -0.135. The molecule has 0 bridgehead atoms. The molecule has 20 heavy (non-hydrogen) atoms. The Morgan fingerprint density at radius 1 is 1.15 bits per heavy atom. The van der Waals surface area contributed by atoms with Gasteiger partial charge in [0.2, 0.25) is 0 Å². The van der Waals surface area contributed by atoms with Crippen LogP contribution in [-0.2, 0) is 19.2 Å². The zero-order valence-electron chi connectivity index (χ0n) is 10.7. The maximum absolute atomic E-state index is 10.5. The molecule has 0 saturated carbocycles. The van der Waals surface area contributed by atoms with Crippen molar-refractivity contribution in [3.8, 4) is 12.1 Å². The highest BCUT2D eigenvalue weighted by Crippen LogP contribution is 1.81. The fourth-order valence-corrected chi connectivity index (χ4v) is 0.545. The van der Waals surface area contributed by atoms with Gasteiger partial charge in [0.25, 0.3) is 11.4 Å². The molecule has 0 aliphatic carbocycles. The van der Waals surface area contributed by atoms with Crippen molar-refractivity contribution in [1.29, 1.82) is 10.5 Å². The largest absolute Gasteiger partial charge is 0.476 e. The molecule has 0 amide bonds. The lowest BCUT2D eigenvalue weighted by Gasteiger charge is -1.94. The van der Waals surface area contributed by atoms with Crippen LogP contribution in [0.4, 0.5) is 0 Å². The Morgan fingerprint density at radius 3 is 2.00 bits per heavy atom. The number of ether oxygens (including phenoxy) is 1. The van der Waals surface area contributed by atoms with E-state index in [1.807, 2.05) is 0 Å². The van der Waals surface area contributed by atoms with Crippen LogP contribution in [0.25, 0.3) is 0 Å². The van der Waals surface area contributed by atoms with Crippen LogP contribution in [-0.4, -0.2) is 46.9 Å². The molecule has 0 unspecified atom stereocenters. The van der Waals surface area contributed by atoms with E-state index >= 15 is 0 Å². The van der Waals surface area contributed by atoms with Crippen LogP contribution in [0.5, 0.6) is 0 Å². The number of hydrogen-bond acceptors (Lipinski definition) is 9. The van der Waals surface area contributed by atoms with E-state index in [1.165, 1.54) is 12.1 Å². The Morgan fingerprint density at radius 2 is 1.70 bits per heavy atom. The van der Waals surface area contributed by atoms with E-state index in [4.69, 9.17) is 20.8 Å². The van der Waals surface area contributed by atoms with Gasteiger partial charge in [0.1, 0.15) is 18.7 Å². The van der Waals surface area contributed by atoms with Gasteiger partial charge in [-0.05, 0) is 13.8 Å². The topological polar surface area (TPSA) is 165 Å². The van der Waals surface area contributed by atoms with Gasteiger partial charge in [0, 0.05) is 0 Å². The fraction of sp³-hybridized carbons (Fsp3) is 0.400. The van der Waals surface area contributed by atoms with E-state index in [0.717, 1.165) is 0 Å². The van der Waals surface area contributed by atoms with E-state index in [0.29, 0.717) is 0 Å². The van der Waals surface area contributed by atoms with E-state index in [9.17, 15) is 9.59 Å². The van der Waals surface area contributed by atoms with E-state index in [2.05, 4.69) is 19.9 Å². The lowest BCUT2D eigenvalue weighted by atomic mass is 10.4. The molecular formula is C10H12N4O6. The van der Waals surface area contributed by atoms with Gasteiger partial charge in [-0.2, -0.15) is 10.5 Å². The minimum atomic E-state index is -1.38. The van der Waals surface area contributed by atoms with Crippen LogP contribution in [0.3, 0.4) is 0 Å². The van der Waals surface area contributed by atoms with Gasteiger partial charge in [-0.1, -0.05) is 10.3 Å². The smallest absolute Gasteiger partial charge is 0.371 e. The zero-order valence-corrected chi connectivity index (χ0v) is 10.7. The molecule has 0 spiro atoms. The predicted octanol–water partition coefficient (Wildman–Crippen LogP) is -0.110. The van der Waals surface area contributed by atoms with Crippen molar-refractivity contribution < 1.29 is 29.5 Å². The summed E-state index contributed by atoms with van der Waals surface area (Å²) >= 11 is 0. The fourth-order valence-electron chi connectivity index (χ4n) is 0.545. The molecule has 0 fully saturated rings. The van der Waals surface area contributed by atoms with Crippen LogP contribution in [0.1, 0.15) is 13.8 Å². The Balaban J connectivity index is 0. The molecule has 0 saturated heterocycles. The number of rotatable bonds is 5. The van der Waals surface area contributed by atoms with Gasteiger partial charge in [-0.3, -0.25) is 0 Å². The summed E-state index contributed by atoms with van der Waals surface area (Å²) in [5, 5.41) is 37.7. The predicted molar refractivity (Wildman–Crippen MR) is 63.8 cm³/mol. The van der Waals surface area contributed by atoms with Crippen molar-refractivity contribution in [2.24, 2.45) is 10.3 Å². The summed E-state index contributed by atoms with van der Waals surface area (Å²) in [4.78, 5) is 24.8. The monoisotopic (exact) mass is 284 g/mol. The van der Waals surface area contributed by atoms with Crippen molar-refractivity contribution in [2.45, 2.75) is 13.8 Å². The second-order valence-electron chi connectivity index (χ2n) is 2.56. The van der Waals surface area contributed by atoms with Crippen LogP contribution in [0.2, 0.25) is 0 Å². The average molecular weight is 284 g/mol. The van der Waals surface area contributed by atoms with Crippen LogP contribution in [0.15, 0.2) is 10.3 Å². The number of nitrogens with zero attached hydrogens (tertiary/aromatic N) is 4. The number of carboxylic acid groups (broad SMARTS) is 1. The minimum absolute atomic E-state index is 0.152. The third-order valence-electron chi connectivity index (χ3n) is 1.27. The molecule has 0 atom stereocenters. The number of oxime groups is 2. The molecule has 2 N–H and O–H groups in total. The minimum Gasteiger partial charge on any atom is -0.476 e. The summed E-state index contributed by atoms with van der Waals surface area (Å²) < 4.78 is 4.33. The Bertz CT molecular complexity index is 471. The molecule has 0 radical (unpaired) electrons. The standard InChI is InChI=1S/2C5H6N2O3/c1-2-10-5(8)4(3-6)7-9;1-2-10-7-4(3-6)5(8)9/h9H,2H2,1H3;2H2,1H3,(H,8,9). The van der Waals surface area contributed by atoms with Crippen molar-refractivity contribution in [2.75, 3.05) is 13.2 Å². The molecule has 108 valence electrons. The highest BCUT2D eigenvalue weighted by atomic mass is 16.6. The second kappa shape index (κ2) is 12.3. The van der Waals surface area contributed by atoms with Gasteiger partial charge in [0.15, 0.2) is 0 Å². The Hall–Kier alpha value is -3.14. The van der Waals surface area contributed by atoms with Crippen LogP contribution >= 0.6 is 0 Å².